The predicted octanol–water partition coefficient (Wildman–Crippen LogP) is 2.50. The highest BCUT2D eigenvalue weighted by Crippen LogP contribution is 2.34. The molecule has 80 valence electrons. The third-order valence-corrected chi connectivity index (χ3v) is 3.08. The van der Waals surface area contributed by atoms with Gasteiger partial charge in [-0.05, 0) is 19.4 Å². The van der Waals surface area contributed by atoms with E-state index in [1.54, 1.807) is 0 Å². The predicted molar refractivity (Wildman–Crippen MR) is 63.0 cm³/mol. The van der Waals surface area contributed by atoms with Crippen LogP contribution < -0.4 is 4.90 Å². The molecule has 1 heterocycles. The molecule has 2 heteroatoms. The van der Waals surface area contributed by atoms with Gasteiger partial charge in [-0.3, -0.25) is 0 Å². The van der Waals surface area contributed by atoms with E-state index in [0.29, 0.717) is 6.04 Å². The Labute approximate surface area is 90.8 Å². The van der Waals surface area contributed by atoms with Crippen molar-refractivity contribution < 1.29 is 5.11 Å². The molecule has 0 aliphatic carbocycles. The van der Waals surface area contributed by atoms with E-state index >= 15 is 0 Å². The van der Waals surface area contributed by atoms with Gasteiger partial charge in [0, 0.05) is 23.8 Å². The van der Waals surface area contributed by atoms with E-state index in [1.165, 1.54) is 0 Å². The second kappa shape index (κ2) is 4.07. The van der Waals surface area contributed by atoms with Gasteiger partial charge < -0.3 is 10.0 Å². The van der Waals surface area contributed by atoms with Crippen LogP contribution in [0.3, 0.4) is 0 Å². The number of benzene rings is 1. The van der Waals surface area contributed by atoms with E-state index < -0.39 is 0 Å². The summed E-state index contributed by atoms with van der Waals surface area (Å²) in [4.78, 5) is 2.29. The number of nitrogens with zero attached hydrogens (tertiary/aromatic N) is 1. The quantitative estimate of drug-likeness (QED) is 0.746. The van der Waals surface area contributed by atoms with Gasteiger partial charge in [-0.15, -0.1) is 6.58 Å². The van der Waals surface area contributed by atoms with Crippen LogP contribution in [-0.2, 0) is 0 Å². The molecule has 15 heavy (non-hydrogen) atoms. The molecule has 1 aromatic rings. The van der Waals surface area contributed by atoms with Crippen molar-refractivity contribution in [3.8, 4) is 0 Å². The summed E-state index contributed by atoms with van der Waals surface area (Å²) in [6.07, 6.45) is 2.43. The standard InChI is InChI=1S/C13H17NO/c1-3-10(2)14-9-8-13(15)11-6-4-5-7-12(11)14/h3-7,10,13,15H,1,8-9H2,2H3. The lowest BCUT2D eigenvalue weighted by Gasteiger charge is -2.36. The molecule has 0 bridgehead atoms. The van der Waals surface area contributed by atoms with E-state index in [4.69, 9.17) is 0 Å². The molecule has 2 unspecified atom stereocenters. The van der Waals surface area contributed by atoms with Gasteiger partial charge >= 0.3 is 0 Å². The van der Waals surface area contributed by atoms with Gasteiger partial charge in [0.2, 0.25) is 0 Å². The second-order valence-corrected chi connectivity index (χ2v) is 4.03. The maximum Gasteiger partial charge on any atom is 0.0826 e. The van der Waals surface area contributed by atoms with Crippen molar-refractivity contribution in [1.82, 2.24) is 0 Å². The first-order chi connectivity index (χ1) is 7.24. The Kier molecular flexibility index (Phi) is 2.78. The Morgan fingerprint density at radius 1 is 1.53 bits per heavy atom. The number of aliphatic hydroxyl groups is 1. The number of rotatable bonds is 2. The van der Waals surface area contributed by atoms with Crippen LogP contribution in [-0.4, -0.2) is 17.7 Å². The minimum absolute atomic E-state index is 0.311. The number of fused-ring (bicyclic) bond motifs is 1. The SMILES string of the molecule is C=CC(C)N1CCC(O)c2ccccc21. The summed E-state index contributed by atoms with van der Waals surface area (Å²) in [6.45, 7) is 6.84. The average molecular weight is 203 g/mol. The number of hydrogen-bond donors (Lipinski definition) is 1. The van der Waals surface area contributed by atoms with Gasteiger partial charge in [-0.25, -0.2) is 0 Å². The van der Waals surface area contributed by atoms with Crippen LogP contribution >= 0.6 is 0 Å². The van der Waals surface area contributed by atoms with Crippen molar-refractivity contribution in [2.45, 2.75) is 25.5 Å². The molecule has 0 fully saturated rings. The van der Waals surface area contributed by atoms with E-state index in [2.05, 4.69) is 24.5 Å². The van der Waals surface area contributed by atoms with Crippen molar-refractivity contribution in [3.63, 3.8) is 0 Å². The van der Waals surface area contributed by atoms with Crippen molar-refractivity contribution in [2.75, 3.05) is 11.4 Å². The Bertz CT molecular complexity index is 361. The minimum atomic E-state index is -0.311. The normalized spacial score (nSPS) is 22.0. The summed E-state index contributed by atoms with van der Waals surface area (Å²) >= 11 is 0. The summed E-state index contributed by atoms with van der Waals surface area (Å²) in [5.41, 5.74) is 2.18. The summed E-state index contributed by atoms with van der Waals surface area (Å²) in [6, 6.07) is 8.38. The first-order valence-corrected chi connectivity index (χ1v) is 5.40. The van der Waals surface area contributed by atoms with Crippen LogP contribution in [0.1, 0.15) is 25.0 Å². The Hall–Kier alpha value is -1.28. The van der Waals surface area contributed by atoms with Crippen LogP contribution in [0, 0.1) is 0 Å². The number of aliphatic hydroxyl groups excluding tert-OH is 1. The summed E-state index contributed by atoms with van der Waals surface area (Å²) in [7, 11) is 0. The van der Waals surface area contributed by atoms with Crippen LogP contribution in [0.2, 0.25) is 0 Å². The largest absolute Gasteiger partial charge is 0.388 e. The highest BCUT2D eigenvalue weighted by atomic mass is 16.3. The highest BCUT2D eigenvalue weighted by molar-refractivity contribution is 5.57. The fourth-order valence-corrected chi connectivity index (χ4v) is 2.12. The van der Waals surface area contributed by atoms with Gasteiger partial charge in [0.05, 0.1) is 6.10 Å². The number of para-hydroxylation sites is 1. The van der Waals surface area contributed by atoms with E-state index in [0.717, 1.165) is 24.2 Å². The Morgan fingerprint density at radius 3 is 3.00 bits per heavy atom. The van der Waals surface area contributed by atoms with Gasteiger partial charge in [0.25, 0.3) is 0 Å². The molecule has 2 rings (SSSR count). The fourth-order valence-electron chi connectivity index (χ4n) is 2.12. The zero-order valence-electron chi connectivity index (χ0n) is 9.06. The zero-order valence-corrected chi connectivity index (χ0v) is 9.06. The molecule has 0 spiro atoms. The van der Waals surface area contributed by atoms with Gasteiger partial charge in [-0.1, -0.05) is 24.3 Å². The van der Waals surface area contributed by atoms with Crippen LogP contribution in [0.5, 0.6) is 0 Å². The van der Waals surface area contributed by atoms with Crippen molar-refractivity contribution in [1.29, 1.82) is 0 Å². The molecule has 0 amide bonds. The molecule has 1 N–H and O–H groups in total. The van der Waals surface area contributed by atoms with Gasteiger partial charge in [0.1, 0.15) is 0 Å². The van der Waals surface area contributed by atoms with E-state index in [1.807, 2.05) is 24.3 Å². The topological polar surface area (TPSA) is 23.5 Å². The highest BCUT2D eigenvalue weighted by Gasteiger charge is 2.24. The lowest BCUT2D eigenvalue weighted by Crippen LogP contribution is -2.37. The Morgan fingerprint density at radius 2 is 2.27 bits per heavy atom. The van der Waals surface area contributed by atoms with Crippen LogP contribution in [0.25, 0.3) is 0 Å². The van der Waals surface area contributed by atoms with Crippen molar-refractivity contribution >= 4 is 5.69 Å². The summed E-state index contributed by atoms with van der Waals surface area (Å²) < 4.78 is 0. The zero-order chi connectivity index (χ0) is 10.8. The third-order valence-electron chi connectivity index (χ3n) is 3.08. The van der Waals surface area contributed by atoms with Crippen LogP contribution in [0.15, 0.2) is 36.9 Å². The molecule has 0 radical (unpaired) electrons. The van der Waals surface area contributed by atoms with E-state index in [-0.39, 0.29) is 6.10 Å². The molecule has 1 aliphatic rings. The first-order valence-electron chi connectivity index (χ1n) is 5.40. The number of hydrogen-bond acceptors (Lipinski definition) is 2. The molecular formula is C13H17NO. The van der Waals surface area contributed by atoms with Gasteiger partial charge in [0.15, 0.2) is 0 Å². The molecule has 1 aliphatic heterocycles. The maximum absolute atomic E-state index is 9.88. The minimum Gasteiger partial charge on any atom is -0.388 e. The molecule has 2 nitrogen and oxygen atoms in total. The molecule has 0 saturated heterocycles. The average Bonchev–Trinajstić information content (AvgIpc) is 2.29. The lowest BCUT2D eigenvalue weighted by atomic mass is 9.97. The molecule has 1 aromatic carbocycles. The molecule has 2 atom stereocenters. The van der Waals surface area contributed by atoms with Crippen molar-refractivity contribution in [2.24, 2.45) is 0 Å². The van der Waals surface area contributed by atoms with Gasteiger partial charge in [-0.2, -0.15) is 0 Å². The molecular weight excluding hydrogens is 186 g/mol. The molecule has 0 aromatic heterocycles. The first kappa shape index (κ1) is 10.2. The maximum atomic E-state index is 9.88. The van der Waals surface area contributed by atoms with E-state index in [9.17, 15) is 5.11 Å². The van der Waals surface area contributed by atoms with Crippen LogP contribution in [0.4, 0.5) is 5.69 Å². The molecule has 0 saturated carbocycles. The summed E-state index contributed by atoms with van der Waals surface area (Å²) in [5.74, 6) is 0. The summed E-state index contributed by atoms with van der Waals surface area (Å²) in [5, 5.41) is 9.88. The third kappa shape index (κ3) is 1.77. The number of anilines is 1. The monoisotopic (exact) mass is 203 g/mol. The second-order valence-electron chi connectivity index (χ2n) is 4.03. The lowest BCUT2D eigenvalue weighted by molar-refractivity contribution is 0.163. The smallest absolute Gasteiger partial charge is 0.0826 e. The Balaban J connectivity index is 2.40. The fraction of sp³-hybridized carbons (Fsp3) is 0.385. The van der Waals surface area contributed by atoms with Crippen molar-refractivity contribution in [3.05, 3.63) is 42.5 Å².